The van der Waals surface area contributed by atoms with Crippen molar-refractivity contribution in [3.05, 3.63) is 0 Å². The van der Waals surface area contributed by atoms with Gasteiger partial charge >= 0.3 is 0 Å². The van der Waals surface area contributed by atoms with Gasteiger partial charge < -0.3 is 10.0 Å². The van der Waals surface area contributed by atoms with Crippen LogP contribution < -0.4 is 0 Å². The first kappa shape index (κ1) is 18.3. The van der Waals surface area contributed by atoms with Crippen LogP contribution >= 0.6 is 0 Å². The van der Waals surface area contributed by atoms with Gasteiger partial charge in [-0.1, -0.05) is 20.8 Å². The number of amides is 1. The van der Waals surface area contributed by atoms with E-state index in [0.29, 0.717) is 12.3 Å². The Morgan fingerprint density at radius 3 is 2.00 bits per heavy atom. The van der Waals surface area contributed by atoms with Crippen LogP contribution in [0.2, 0.25) is 0 Å². The Labute approximate surface area is 115 Å². The van der Waals surface area contributed by atoms with Crippen molar-refractivity contribution in [2.24, 2.45) is 5.92 Å². The van der Waals surface area contributed by atoms with Crippen LogP contribution in [0.3, 0.4) is 0 Å². The van der Waals surface area contributed by atoms with E-state index in [-0.39, 0.29) is 37.9 Å². The minimum Gasteiger partial charge on any atom is -0.393 e. The number of likely N-dealkylation sites (tertiary alicyclic amines) is 1. The Morgan fingerprint density at radius 1 is 1.26 bits per heavy atom. The lowest BCUT2D eigenvalue weighted by atomic mass is 10.1. The molecule has 0 aromatic carbocycles. The summed E-state index contributed by atoms with van der Waals surface area (Å²) in [7, 11) is 0. The number of rotatable bonds is 3. The topological polar surface area (TPSA) is 40.5 Å². The van der Waals surface area contributed by atoms with E-state index >= 15 is 0 Å². The van der Waals surface area contributed by atoms with Crippen molar-refractivity contribution in [3.63, 3.8) is 0 Å². The van der Waals surface area contributed by atoms with E-state index in [0.717, 1.165) is 6.42 Å². The first-order valence-electron chi connectivity index (χ1n) is 7.03. The Bertz CT molecular complexity index is 252. The maximum absolute atomic E-state index is 12.7. The monoisotopic (exact) mass is 279 g/mol. The molecule has 114 valence electrons. The molecule has 3 nitrogen and oxygen atoms in total. The Morgan fingerprint density at radius 2 is 1.68 bits per heavy atom. The zero-order chi connectivity index (χ0) is 15.1. The summed E-state index contributed by atoms with van der Waals surface area (Å²) in [6.45, 7) is 8.12. The summed E-state index contributed by atoms with van der Waals surface area (Å²) < 4.78 is 25.4. The van der Waals surface area contributed by atoms with Crippen LogP contribution in [0.15, 0.2) is 0 Å². The highest BCUT2D eigenvalue weighted by Crippen LogP contribution is 2.27. The lowest BCUT2D eigenvalue weighted by molar-refractivity contribution is -0.137. The Kier molecular flexibility index (Phi) is 8.14. The summed E-state index contributed by atoms with van der Waals surface area (Å²) >= 11 is 0. The second kappa shape index (κ2) is 8.46. The first-order chi connectivity index (χ1) is 8.69. The van der Waals surface area contributed by atoms with Gasteiger partial charge in [0.25, 0.3) is 5.92 Å². The second-order valence-electron chi connectivity index (χ2n) is 5.47. The van der Waals surface area contributed by atoms with Crippen LogP contribution in [-0.4, -0.2) is 41.0 Å². The van der Waals surface area contributed by atoms with Gasteiger partial charge in [0, 0.05) is 32.4 Å². The molecule has 1 unspecified atom stereocenters. The number of aliphatic hydroxyl groups is 1. The lowest BCUT2D eigenvalue weighted by Crippen LogP contribution is -2.42. The van der Waals surface area contributed by atoms with Gasteiger partial charge in [0.15, 0.2) is 0 Å². The fraction of sp³-hybridized carbons (Fsp3) is 0.929. The molecule has 1 atom stereocenters. The number of alkyl halides is 2. The minimum absolute atomic E-state index is 0.0120. The lowest BCUT2D eigenvalue weighted by Gasteiger charge is -2.31. The summed E-state index contributed by atoms with van der Waals surface area (Å²) in [5, 5.41) is 8.63. The van der Waals surface area contributed by atoms with Crippen LogP contribution in [-0.2, 0) is 4.79 Å². The largest absolute Gasteiger partial charge is 0.393 e. The number of halogens is 2. The maximum atomic E-state index is 12.7. The van der Waals surface area contributed by atoms with Crippen molar-refractivity contribution in [1.29, 1.82) is 0 Å². The predicted molar refractivity (Wildman–Crippen MR) is 72.2 cm³/mol. The molecule has 1 amide bonds. The van der Waals surface area contributed by atoms with E-state index in [1.165, 1.54) is 0 Å². The molecule has 1 N–H and O–H groups in total. The van der Waals surface area contributed by atoms with Gasteiger partial charge in [0.1, 0.15) is 0 Å². The van der Waals surface area contributed by atoms with Gasteiger partial charge in [-0.2, -0.15) is 0 Å². The van der Waals surface area contributed by atoms with Crippen molar-refractivity contribution in [1.82, 2.24) is 4.90 Å². The van der Waals surface area contributed by atoms with Crippen molar-refractivity contribution >= 4 is 5.91 Å². The van der Waals surface area contributed by atoms with Gasteiger partial charge in [-0.05, 0) is 19.3 Å². The van der Waals surface area contributed by atoms with Crippen LogP contribution in [0.25, 0.3) is 0 Å². The molecule has 1 saturated heterocycles. The quantitative estimate of drug-likeness (QED) is 0.862. The van der Waals surface area contributed by atoms with Crippen LogP contribution in [0, 0.1) is 5.92 Å². The molecule has 0 bridgehead atoms. The molecule has 0 saturated carbocycles. The maximum Gasteiger partial charge on any atom is 0.251 e. The zero-order valence-electron chi connectivity index (χ0n) is 12.5. The predicted octanol–water partition coefficient (Wildman–Crippen LogP) is 3.07. The van der Waals surface area contributed by atoms with Crippen molar-refractivity contribution < 1.29 is 18.7 Å². The summed E-state index contributed by atoms with van der Waals surface area (Å²) in [5.41, 5.74) is 0. The summed E-state index contributed by atoms with van der Waals surface area (Å²) in [6, 6.07) is 0. The van der Waals surface area contributed by atoms with E-state index in [1.807, 2.05) is 20.8 Å². The third kappa shape index (κ3) is 8.14. The van der Waals surface area contributed by atoms with Gasteiger partial charge in [-0.15, -0.1) is 0 Å². The van der Waals surface area contributed by atoms with E-state index < -0.39 is 5.92 Å². The van der Waals surface area contributed by atoms with Gasteiger partial charge in [-0.3, -0.25) is 4.79 Å². The molecule has 0 spiro atoms. The fourth-order valence-electron chi connectivity index (χ4n) is 1.46. The van der Waals surface area contributed by atoms with Crippen molar-refractivity contribution in [3.8, 4) is 0 Å². The Hall–Kier alpha value is -0.710. The molecule has 1 rings (SSSR count). The SMILES string of the molecule is CC(C)C(C)O.CCCC(=O)N1CCC(F)(F)CC1. The van der Waals surface area contributed by atoms with Crippen molar-refractivity contribution in [2.45, 2.75) is 65.4 Å². The number of carbonyl (C=O) groups is 1. The highest BCUT2D eigenvalue weighted by atomic mass is 19.3. The van der Waals surface area contributed by atoms with E-state index in [1.54, 1.807) is 11.8 Å². The van der Waals surface area contributed by atoms with E-state index in [9.17, 15) is 13.6 Å². The third-order valence-electron chi connectivity index (χ3n) is 3.28. The van der Waals surface area contributed by atoms with E-state index in [4.69, 9.17) is 5.11 Å². The molecule has 1 heterocycles. The number of carbonyl (C=O) groups excluding carboxylic acids is 1. The van der Waals surface area contributed by atoms with Gasteiger partial charge in [0.05, 0.1) is 6.10 Å². The molecule has 0 aliphatic carbocycles. The van der Waals surface area contributed by atoms with Crippen LogP contribution in [0.1, 0.15) is 53.4 Å². The molecular formula is C14H27F2NO2. The molecule has 5 heteroatoms. The highest BCUT2D eigenvalue weighted by molar-refractivity contribution is 5.76. The third-order valence-corrected chi connectivity index (χ3v) is 3.28. The number of piperidine rings is 1. The molecule has 0 aromatic rings. The molecular weight excluding hydrogens is 252 g/mol. The highest BCUT2D eigenvalue weighted by Gasteiger charge is 2.35. The average molecular weight is 279 g/mol. The second-order valence-corrected chi connectivity index (χ2v) is 5.47. The summed E-state index contributed by atoms with van der Waals surface area (Å²) in [4.78, 5) is 12.8. The Balaban J connectivity index is 0.000000459. The number of hydrogen-bond donors (Lipinski definition) is 1. The minimum atomic E-state index is -2.55. The molecule has 0 aromatic heterocycles. The summed E-state index contributed by atoms with van der Waals surface area (Å²) in [6.07, 6.45) is 0.757. The number of aliphatic hydroxyl groups excluding tert-OH is 1. The van der Waals surface area contributed by atoms with Gasteiger partial charge in [-0.25, -0.2) is 8.78 Å². The van der Waals surface area contributed by atoms with Crippen LogP contribution in [0.4, 0.5) is 8.78 Å². The zero-order valence-corrected chi connectivity index (χ0v) is 12.5. The molecule has 1 aliphatic rings. The molecule has 1 fully saturated rings. The van der Waals surface area contributed by atoms with E-state index in [2.05, 4.69) is 0 Å². The normalized spacial score (nSPS) is 19.7. The molecule has 19 heavy (non-hydrogen) atoms. The van der Waals surface area contributed by atoms with Crippen LogP contribution in [0.5, 0.6) is 0 Å². The smallest absolute Gasteiger partial charge is 0.251 e. The summed E-state index contributed by atoms with van der Waals surface area (Å²) in [5.74, 6) is -2.13. The average Bonchev–Trinajstić information content (AvgIpc) is 2.29. The number of hydrogen-bond acceptors (Lipinski definition) is 2. The number of nitrogens with zero attached hydrogens (tertiary/aromatic N) is 1. The standard InChI is InChI=1S/C9H15F2NO.C5H12O/c1-2-3-8(13)12-6-4-9(10,11)5-7-12;1-4(2)5(3)6/h2-7H2,1H3;4-6H,1-3H3. The molecule has 0 radical (unpaired) electrons. The molecule has 1 aliphatic heterocycles. The fourth-order valence-corrected chi connectivity index (χ4v) is 1.46. The first-order valence-corrected chi connectivity index (χ1v) is 7.03. The van der Waals surface area contributed by atoms with Crippen molar-refractivity contribution in [2.75, 3.05) is 13.1 Å². The van der Waals surface area contributed by atoms with Gasteiger partial charge in [0.2, 0.25) is 5.91 Å².